The standard InChI is InChI=1S/C6H14O2S/c1-6(2-3-7)9-5-4-8/h6-8H,2-5H2,1H3. The van der Waals surface area contributed by atoms with E-state index in [9.17, 15) is 0 Å². The maximum atomic E-state index is 8.46. The molecule has 0 aliphatic carbocycles. The third-order valence-electron chi connectivity index (χ3n) is 1.03. The minimum absolute atomic E-state index is 0.237. The Morgan fingerprint density at radius 2 is 2.00 bits per heavy atom. The molecular weight excluding hydrogens is 136 g/mol. The molecule has 0 aromatic carbocycles. The van der Waals surface area contributed by atoms with Crippen molar-refractivity contribution in [3.05, 3.63) is 0 Å². The Morgan fingerprint density at radius 1 is 1.33 bits per heavy atom. The summed E-state index contributed by atoms with van der Waals surface area (Å²) in [5, 5.41) is 17.3. The van der Waals surface area contributed by atoms with Gasteiger partial charge < -0.3 is 10.2 Å². The van der Waals surface area contributed by atoms with Crippen molar-refractivity contribution in [3.8, 4) is 0 Å². The van der Waals surface area contributed by atoms with E-state index in [1.165, 1.54) is 0 Å². The van der Waals surface area contributed by atoms with Crippen molar-refractivity contribution < 1.29 is 10.2 Å². The molecule has 0 amide bonds. The van der Waals surface area contributed by atoms with Crippen molar-refractivity contribution in [1.29, 1.82) is 0 Å². The van der Waals surface area contributed by atoms with Gasteiger partial charge >= 0.3 is 0 Å². The van der Waals surface area contributed by atoms with Crippen molar-refractivity contribution in [1.82, 2.24) is 0 Å². The summed E-state index contributed by atoms with van der Waals surface area (Å²) in [6.45, 7) is 2.54. The summed E-state index contributed by atoms with van der Waals surface area (Å²) in [6.07, 6.45) is 0.824. The van der Waals surface area contributed by atoms with Crippen LogP contribution in [0.1, 0.15) is 13.3 Å². The first-order valence-electron chi connectivity index (χ1n) is 3.14. The Morgan fingerprint density at radius 3 is 2.44 bits per heavy atom. The summed E-state index contributed by atoms with van der Waals surface area (Å²) in [7, 11) is 0. The van der Waals surface area contributed by atoms with Crippen LogP contribution in [0.25, 0.3) is 0 Å². The predicted molar refractivity (Wildman–Crippen MR) is 40.7 cm³/mol. The lowest BCUT2D eigenvalue weighted by Gasteiger charge is -2.06. The van der Waals surface area contributed by atoms with Crippen molar-refractivity contribution in [2.45, 2.75) is 18.6 Å². The molecule has 9 heavy (non-hydrogen) atoms. The van der Waals surface area contributed by atoms with Crippen LogP contribution in [0.4, 0.5) is 0 Å². The Labute approximate surface area is 60.3 Å². The van der Waals surface area contributed by atoms with Gasteiger partial charge in [-0.1, -0.05) is 6.92 Å². The number of hydrogen-bond acceptors (Lipinski definition) is 3. The number of aliphatic hydroxyl groups is 2. The zero-order valence-corrected chi connectivity index (χ0v) is 6.52. The molecule has 0 bridgehead atoms. The van der Waals surface area contributed by atoms with Crippen LogP contribution in [0.2, 0.25) is 0 Å². The van der Waals surface area contributed by atoms with Crippen molar-refractivity contribution in [2.75, 3.05) is 19.0 Å². The van der Waals surface area contributed by atoms with Crippen molar-refractivity contribution in [2.24, 2.45) is 0 Å². The van der Waals surface area contributed by atoms with Crippen LogP contribution in [0.3, 0.4) is 0 Å². The molecule has 0 aliphatic heterocycles. The molecule has 0 saturated carbocycles. The average Bonchev–Trinajstić information content (AvgIpc) is 1.85. The average molecular weight is 150 g/mol. The smallest absolute Gasteiger partial charge is 0.0521 e. The molecule has 2 N–H and O–H groups in total. The van der Waals surface area contributed by atoms with Gasteiger partial charge in [-0.25, -0.2) is 0 Å². The number of hydrogen-bond donors (Lipinski definition) is 2. The van der Waals surface area contributed by atoms with Crippen LogP contribution in [0.5, 0.6) is 0 Å². The second-order valence-electron chi connectivity index (χ2n) is 1.92. The number of rotatable bonds is 5. The van der Waals surface area contributed by atoms with Gasteiger partial charge in [-0.05, 0) is 6.42 Å². The van der Waals surface area contributed by atoms with E-state index in [2.05, 4.69) is 6.92 Å². The Hall–Kier alpha value is 0.270. The SMILES string of the molecule is CC(CCO)SCCO. The van der Waals surface area contributed by atoms with Crippen LogP contribution in [0, 0.1) is 0 Å². The van der Waals surface area contributed by atoms with Crippen LogP contribution in [-0.2, 0) is 0 Å². The zero-order valence-electron chi connectivity index (χ0n) is 5.71. The second kappa shape index (κ2) is 6.39. The Kier molecular flexibility index (Phi) is 6.58. The predicted octanol–water partition coefficient (Wildman–Crippen LogP) is 0.483. The summed E-state index contributed by atoms with van der Waals surface area (Å²) < 4.78 is 0. The van der Waals surface area contributed by atoms with Crippen molar-refractivity contribution >= 4 is 11.8 Å². The summed E-state index contributed by atoms with van der Waals surface area (Å²) in [5.74, 6) is 0.779. The number of aliphatic hydroxyl groups excluding tert-OH is 2. The molecule has 0 aromatic heterocycles. The maximum absolute atomic E-state index is 8.46. The van der Waals surface area contributed by atoms with E-state index in [-0.39, 0.29) is 13.2 Å². The van der Waals surface area contributed by atoms with E-state index in [4.69, 9.17) is 10.2 Å². The van der Waals surface area contributed by atoms with Crippen LogP contribution >= 0.6 is 11.8 Å². The van der Waals surface area contributed by atoms with Gasteiger partial charge in [0.2, 0.25) is 0 Å². The highest BCUT2D eigenvalue weighted by molar-refractivity contribution is 7.99. The fourth-order valence-electron chi connectivity index (χ4n) is 0.519. The topological polar surface area (TPSA) is 40.5 Å². The summed E-state index contributed by atoms with van der Waals surface area (Å²) >= 11 is 1.69. The summed E-state index contributed by atoms with van der Waals surface area (Å²) in [6, 6.07) is 0. The fraction of sp³-hybridized carbons (Fsp3) is 1.00. The van der Waals surface area contributed by atoms with E-state index in [1.54, 1.807) is 11.8 Å². The highest BCUT2D eigenvalue weighted by Crippen LogP contribution is 2.11. The molecule has 1 atom stereocenters. The minimum Gasteiger partial charge on any atom is -0.396 e. The molecular formula is C6H14O2S. The molecule has 1 unspecified atom stereocenters. The molecule has 0 radical (unpaired) electrons. The highest BCUT2D eigenvalue weighted by atomic mass is 32.2. The van der Waals surface area contributed by atoms with Gasteiger partial charge in [0.1, 0.15) is 0 Å². The van der Waals surface area contributed by atoms with E-state index < -0.39 is 0 Å². The van der Waals surface area contributed by atoms with Gasteiger partial charge in [0.05, 0.1) is 6.61 Å². The molecule has 0 aromatic rings. The van der Waals surface area contributed by atoms with E-state index in [0.717, 1.165) is 12.2 Å². The largest absolute Gasteiger partial charge is 0.396 e. The van der Waals surface area contributed by atoms with Gasteiger partial charge in [0.25, 0.3) is 0 Å². The lowest BCUT2D eigenvalue weighted by atomic mass is 10.3. The molecule has 0 aliphatic rings. The summed E-state index contributed by atoms with van der Waals surface area (Å²) in [5.41, 5.74) is 0. The molecule has 0 heterocycles. The van der Waals surface area contributed by atoms with Gasteiger partial charge in [-0.3, -0.25) is 0 Å². The lowest BCUT2D eigenvalue weighted by molar-refractivity contribution is 0.288. The molecule has 2 nitrogen and oxygen atoms in total. The second-order valence-corrected chi connectivity index (χ2v) is 3.46. The zero-order chi connectivity index (χ0) is 7.11. The molecule has 0 rings (SSSR count). The Bertz CT molecular complexity index is 59.0. The normalized spacial score (nSPS) is 13.7. The molecule has 0 fully saturated rings. The first-order chi connectivity index (χ1) is 4.31. The molecule has 56 valence electrons. The van der Waals surface area contributed by atoms with E-state index >= 15 is 0 Å². The van der Waals surface area contributed by atoms with Crippen LogP contribution in [0.15, 0.2) is 0 Å². The first kappa shape index (κ1) is 9.27. The monoisotopic (exact) mass is 150 g/mol. The van der Waals surface area contributed by atoms with E-state index in [0.29, 0.717) is 5.25 Å². The lowest BCUT2D eigenvalue weighted by Crippen LogP contribution is -2.01. The van der Waals surface area contributed by atoms with Crippen LogP contribution in [-0.4, -0.2) is 34.4 Å². The molecule has 0 saturated heterocycles. The third kappa shape index (κ3) is 6.15. The summed E-state index contributed by atoms with van der Waals surface area (Å²) in [4.78, 5) is 0. The number of thioether (sulfide) groups is 1. The first-order valence-corrected chi connectivity index (χ1v) is 4.19. The van der Waals surface area contributed by atoms with Gasteiger partial charge in [-0.2, -0.15) is 11.8 Å². The van der Waals surface area contributed by atoms with Crippen molar-refractivity contribution in [3.63, 3.8) is 0 Å². The van der Waals surface area contributed by atoms with Gasteiger partial charge in [-0.15, -0.1) is 0 Å². The minimum atomic E-state index is 0.237. The quantitative estimate of drug-likeness (QED) is 0.599. The van der Waals surface area contributed by atoms with Gasteiger partial charge in [0, 0.05) is 17.6 Å². The Balaban J connectivity index is 2.95. The highest BCUT2D eigenvalue weighted by Gasteiger charge is 1.98. The van der Waals surface area contributed by atoms with Crippen LogP contribution < -0.4 is 0 Å². The molecule has 0 spiro atoms. The third-order valence-corrected chi connectivity index (χ3v) is 2.25. The van der Waals surface area contributed by atoms with E-state index in [1.807, 2.05) is 0 Å². The fourth-order valence-corrected chi connectivity index (χ4v) is 1.30. The molecule has 3 heteroatoms. The van der Waals surface area contributed by atoms with Gasteiger partial charge in [0.15, 0.2) is 0 Å². The maximum Gasteiger partial charge on any atom is 0.0521 e.